The smallest absolute Gasteiger partial charge is 0.0398 e. The largest absolute Gasteiger partial charge is 0.0683 e. The predicted octanol–water partition coefficient (Wildman–Crippen LogP) is 4.19. The van der Waals surface area contributed by atoms with E-state index in [-0.39, 0.29) is 0 Å². The van der Waals surface area contributed by atoms with E-state index in [9.17, 15) is 0 Å². The van der Waals surface area contributed by atoms with Crippen molar-refractivity contribution in [2.75, 3.05) is 0 Å². The molecule has 0 radical (unpaired) electrons. The zero-order valence-electron chi connectivity index (χ0n) is 8.51. The Morgan fingerprint density at radius 1 is 0.833 bits per heavy atom. The highest BCUT2D eigenvalue weighted by Crippen LogP contribution is 2.14. The van der Waals surface area contributed by atoms with Gasteiger partial charge in [-0.2, -0.15) is 0 Å². The minimum absolute atomic E-state index is 1.32. The molecule has 0 amide bonds. The van der Waals surface area contributed by atoms with Gasteiger partial charge in [-0.1, -0.05) is 69.0 Å². The summed E-state index contributed by atoms with van der Waals surface area (Å²) in [6, 6.07) is 10.3. The first-order valence-electron chi connectivity index (χ1n) is 4.91. The molecule has 0 heterocycles. The highest BCUT2D eigenvalue weighted by molar-refractivity contribution is 5.11. The Bertz CT molecular complexity index is 160. The van der Waals surface area contributed by atoms with Crippen LogP contribution in [0.1, 0.15) is 38.7 Å². The highest BCUT2D eigenvalue weighted by atomic mass is 14.0. The van der Waals surface area contributed by atoms with Gasteiger partial charge in [0.25, 0.3) is 0 Å². The van der Waals surface area contributed by atoms with Gasteiger partial charge in [0.05, 0.1) is 0 Å². The minimum Gasteiger partial charge on any atom is -0.0683 e. The van der Waals surface area contributed by atoms with Crippen LogP contribution in [0.5, 0.6) is 0 Å². The van der Waals surface area contributed by atoms with Crippen molar-refractivity contribution in [2.45, 2.75) is 40.0 Å². The van der Waals surface area contributed by atoms with Gasteiger partial charge in [0, 0.05) is 0 Å². The maximum Gasteiger partial charge on any atom is -0.0398 e. The maximum absolute atomic E-state index is 2.08. The second-order valence-electron chi connectivity index (χ2n) is 2.72. The van der Waals surface area contributed by atoms with Gasteiger partial charge in [0.1, 0.15) is 0 Å². The van der Waals surface area contributed by atoms with Crippen LogP contribution in [-0.2, 0) is 0 Å². The van der Waals surface area contributed by atoms with Crippen molar-refractivity contribution in [1.29, 1.82) is 0 Å². The fourth-order valence-corrected chi connectivity index (χ4v) is 0.534. The fourth-order valence-electron chi connectivity index (χ4n) is 0.534. The summed E-state index contributed by atoms with van der Waals surface area (Å²) >= 11 is 0. The summed E-state index contributed by atoms with van der Waals surface area (Å²) in [4.78, 5) is 0. The van der Waals surface area contributed by atoms with Crippen LogP contribution in [-0.4, -0.2) is 0 Å². The highest BCUT2D eigenvalue weighted by Gasteiger charge is 1.95. The number of hydrogen-bond donors (Lipinski definition) is 0. The summed E-state index contributed by atoms with van der Waals surface area (Å²) in [6.07, 6.45) is 4.50. The Morgan fingerprint density at radius 3 is 1.42 bits per heavy atom. The summed E-state index contributed by atoms with van der Waals surface area (Å²) in [7, 11) is 0. The van der Waals surface area contributed by atoms with Crippen molar-refractivity contribution in [1.82, 2.24) is 0 Å². The van der Waals surface area contributed by atoms with Crippen LogP contribution in [0.15, 0.2) is 30.3 Å². The molecule has 0 bridgehead atoms. The second-order valence-corrected chi connectivity index (χ2v) is 2.72. The van der Waals surface area contributed by atoms with Crippen molar-refractivity contribution in [3.8, 4) is 0 Å². The lowest BCUT2D eigenvalue weighted by atomic mass is 10.2. The normalized spacial score (nSPS) is 11.6. The van der Waals surface area contributed by atoms with Gasteiger partial charge in [-0.3, -0.25) is 0 Å². The number of rotatable bonds is 0. The Balaban J connectivity index is 0.000000202. The lowest BCUT2D eigenvalue weighted by molar-refractivity contribution is 1.48. The predicted molar refractivity (Wildman–Crippen MR) is 56.4 cm³/mol. The second kappa shape index (κ2) is 8.32. The fraction of sp³-hybridized carbons (Fsp3) is 0.500. The summed E-state index contributed by atoms with van der Waals surface area (Å²) < 4.78 is 0. The van der Waals surface area contributed by atoms with Crippen LogP contribution in [0.25, 0.3) is 0 Å². The van der Waals surface area contributed by atoms with E-state index >= 15 is 0 Å². The van der Waals surface area contributed by atoms with Gasteiger partial charge in [-0.05, 0) is 6.92 Å². The minimum atomic E-state index is 1.32. The lowest BCUT2D eigenvalue weighted by Crippen LogP contribution is -1.62. The first-order valence-corrected chi connectivity index (χ1v) is 4.91. The van der Waals surface area contributed by atoms with Crippen LogP contribution in [0, 0.1) is 6.92 Å². The van der Waals surface area contributed by atoms with Crippen molar-refractivity contribution in [3.05, 3.63) is 35.9 Å². The van der Waals surface area contributed by atoms with Crippen molar-refractivity contribution in [2.24, 2.45) is 0 Å². The zero-order valence-corrected chi connectivity index (χ0v) is 8.51. The topological polar surface area (TPSA) is 0 Å². The molecule has 1 fully saturated rings. The first kappa shape index (κ1) is 11.2. The zero-order chi connectivity index (χ0) is 9.23. The molecule has 12 heavy (non-hydrogen) atoms. The summed E-state index contributed by atoms with van der Waals surface area (Å²) in [6.45, 7) is 6.08. The molecule has 0 nitrogen and oxygen atoms in total. The quantitative estimate of drug-likeness (QED) is 0.539. The van der Waals surface area contributed by atoms with Crippen LogP contribution in [0.3, 0.4) is 0 Å². The standard InChI is InChI=1S/C7H8.C3H6.C2H6/c1-7-5-3-2-4-6-7;1-2-3-1;1-2/h2-6H,1H3;1-3H2;1-2H3. The Labute approximate surface area is 76.6 Å². The summed E-state index contributed by atoms with van der Waals surface area (Å²) in [5.74, 6) is 0. The molecule has 1 aromatic rings. The lowest BCUT2D eigenvalue weighted by Gasteiger charge is -1.82. The number of hydrogen-bond acceptors (Lipinski definition) is 0. The van der Waals surface area contributed by atoms with E-state index in [0.29, 0.717) is 0 Å². The maximum atomic E-state index is 2.08. The van der Waals surface area contributed by atoms with Gasteiger partial charge in [0.15, 0.2) is 0 Å². The molecule has 0 heteroatoms. The van der Waals surface area contributed by atoms with Crippen LogP contribution >= 0.6 is 0 Å². The molecule has 1 aliphatic rings. The van der Waals surface area contributed by atoms with Crippen molar-refractivity contribution in [3.63, 3.8) is 0 Å². The van der Waals surface area contributed by atoms with E-state index in [0.717, 1.165) is 0 Å². The molecule has 2 rings (SSSR count). The molecule has 0 spiro atoms. The van der Waals surface area contributed by atoms with Crippen LogP contribution in [0.2, 0.25) is 0 Å². The van der Waals surface area contributed by atoms with Gasteiger partial charge in [-0.15, -0.1) is 0 Å². The van der Waals surface area contributed by atoms with E-state index in [2.05, 4.69) is 19.1 Å². The molecular weight excluding hydrogens is 144 g/mol. The molecule has 0 unspecified atom stereocenters. The van der Waals surface area contributed by atoms with Crippen molar-refractivity contribution >= 4 is 0 Å². The van der Waals surface area contributed by atoms with Gasteiger partial charge < -0.3 is 0 Å². The van der Waals surface area contributed by atoms with Crippen molar-refractivity contribution < 1.29 is 0 Å². The molecule has 0 N–H and O–H groups in total. The molecule has 1 aliphatic carbocycles. The molecule has 0 aromatic heterocycles. The first-order chi connectivity index (χ1) is 5.89. The van der Waals surface area contributed by atoms with Gasteiger partial charge in [-0.25, -0.2) is 0 Å². The third-order valence-electron chi connectivity index (χ3n) is 1.29. The number of aryl methyl sites for hydroxylation is 1. The third kappa shape index (κ3) is 9.22. The van der Waals surface area contributed by atoms with Crippen LogP contribution < -0.4 is 0 Å². The molecule has 0 saturated heterocycles. The molecule has 0 atom stereocenters. The molecule has 68 valence electrons. The van der Waals surface area contributed by atoms with E-state index in [1.165, 1.54) is 24.8 Å². The molecule has 1 aromatic carbocycles. The Hall–Kier alpha value is -0.780. The average Bonchev–Trinajstić information content (AvgIpc) is 2.95. The van der Waals surface area contributed by atoms with Crippen LogP contribution in [0.4, 0.5) is 0 Å². The molecule has 1 saturated carbocycles. The van der Waals surface area contributed by atoms with Gasteiger partial charge in [0.2, 0.25) is 0 Å². The SMILES string of the molecule is C1CC1.CC.Cc1ccccc1. The number of benzene rings is 1. The third-order valence-corrected chi connectivity index (χ3v) is 1.29. The Kier molecular flexibility index (Phi) is 7.78. The molecule has 0 aliphatic heterocycles. The van der Waals surface area contributed by atoms with Gasteiger partial charge >= 0.3 is 0 Å². The monoisotopic (exact) mass is 164 g/mol. The summed E-state index contributed by atoms with van der Waals surface area (Å²) in [5.41, 5.74) is 1.32. The van der Waals surface area contributed by atoms with E-state index in [4.69, 9.17) is 0 Å². The Morgan fingerprint density at radius 2 is 1.25 bits per heavy atom. The molecular formula is C12H20. The summed E-state index contributed by atoms with van der Waals surface area (Å²) in [5, 5.41) is 0. The average molecular weight is 164 g/mol. The van der Waals surface area contributed by atoms with E-state index < -0.39 is 0 Å². The van der Waals surface area contributed by atoms with E-state index in [1.807, 2.05) is 32.0 Å². The van der Waals surface area contributed by atoms with E-state index in [1.54, 1.807) is 0 Å².